The van der Waals surface area contributed by atoms with Crippen molar-refractivity contribution >= 4 is 21.6 Å². The van der Waals surface area contributed by atoms with Crippen LogP contribution in [0.5, 0.6) is 0 Å². The van der Waals surface area contributed by atoms with Gasteiger partial charge in [0.15, 0.2) is 0 Å². The first-order chi connectivity index (χ1) is 7.84. The van der Waals surface area contributed by atoms with Crippen molar-refractivity contribution in [2.24, 2.45) is 17.8 Å². The van der Waals surface area contributed by atoms with E-state index in [0.29, 0.717) is 17.7 Å². The van der Waals surface area contributed by atoms with E-state index in [-0.39, 0.29) is 17.7 Å². The van der Waals surface area contributed by atoms with Gasteiger partial charge in [0.2, 0.25) is 10.0 Å². The number of sulfonamides is 1. The molecule has 1 aliphatic rings. The Hall–Kier alpha value is 0.200. The van der Waals surface area contributed by atoms with Gasteiger partial charge in [-0.15, -0.1) is 11.6 Å². The first-order valence-corrected chi connectivity index (χ1v) is 8.58. The number of alkyl halides is 1. The average Bonchev–Trinajstić information content (AvgIpc) is 2.22. The van der Waals surface area contributed by atoms with Crippen LogP contribution >= 0.6 is 11.6 Å². The van der Waals surface area contributed by atoms with Crippen LogP contribution in [-0.4, -0.2) is 26.1 Å². The van der Waals surface area contributed by atoms with Gasteiger partial charge in [0.1, 0.15) is 0 Å². The Kier molecular flexibility index (Phi) is 5.74. The van der Waals surface area contributed by atoms with E-state index in [4.69, 9.17) is 11.6 Å². The zero-order valence-electron chi connectivity index (χ0n) is 10.9. The molecule has 4 unspecified atom stereocenters. The first-order valence-electron chi connectivity index (χ1n) is 6.40. The van der Waals surface area contributed by atoms with Gasteiger partial charge in [0.05, 0.1) is 5.75 Å². The van der Waals surface area contributed by atoms with E-state index in [1.165, 1.54) is 0 Å². The lowest BCUT2D eigenvalue weighted by Crippen LogP contribution is -2.41. The van der Waals surface area contributed by atoms with Gasteiger partial charge in [-0.3, -0.25) is 0 Å². The van der Waals surface area contributed by atoms with Gasteiger partial charge >= 0.3 is 0 Å². The monoisotopic (exact) mass is 281 g/mol. The molecule has 0 amide bonds. The van der Waals surface area contributed by atoms with E-state index in [0.717, 1.165) is 19.3 Å². The second kappa shape index (κ2) is 6.39. The van der Waals surface area contributed by atoms with Gasteiger partial charge in [-0.1, -0.05) is 20.8 Å². The first kappa shape index (κ1) is 15.3. The second-order valence-corrected chi connectivity index (χ2v) is 7.73. The topological polar surface area (TPSA) is 46.2 Å². The van der Waals surface area contributed by atoms with Crippen LogP contribution in [-0.2, 0) is 10.0 Å². The van der Waals surface area contributed by atoms with Crippen LogP contribution in [0.15, 0.2) is 0 Å². The van der Waals surface area contributed by atoms with Crippen LogP contribution in [0.3, 0.4) is 0 Å². The third kappa shape index (κ3) is 5.14. The summed E-state index contributed by atoms with van der Waals surface area (Å²) in [5.41, 5.74) is 0. The Balaban J connectivity index is 2.48. The van der Waals surface area contributed by atoms with Gasteiger partial charge in [0, 0.05) is 11.9 Å². The predicted molar refractivity (Wildman–Crippen MR) is 72.8 cm³/mol. The Morgan fingerprint density at radius 3 is 2.47 bits per heavy atom. The smallest absolute Gasteiger partial charge is 0.212 e. The molecular formula is C12H24ClNO2S. The quantitative estimate of drug-likeness (QED) is 0.788. The molecule has 0 saturated heterocycles. The molecule has 0 aliphatic heterocycles. The molecule has 1 rings (SSSR count). The van der Waals surface area contributed by atoms with Crippen LogP contribution in [0, 0.1) is 17.8 Å². The molecule has 3 nitrogen and oxygen atoms in total. The Morgan fingerprint density at radius 1 is 1.29 bits per heavy atom. The van der Waals surface area contributed by atoms with E-state index < -0.39 is 10.0 Å². The molecule has 0 aromatic heterocycles. The Bertz CT molecular complexity index is 331. The standard InChI is InChI=1S/C12H24ClNO2S/c1-9(7-13)8-17(15,16)14-12-5-4-10(2)11(3)6-12/h9-12,14H,4-8H2,1-3H3. The van der Waals surface area contributed by atoms with Crippen molar-refractivity contribution in [1.29, 1.82) is 0 Å². The summed E-state index contributed by atoms with van der Waals surface area (Å²) in [6.07, 6.45) is 3.02. The molecule has 0 heterocycles. The van der Waals surface area contributed by atoms with E-state index in [1.807, 2.05) is 6.92 Å². The molecule has 17 heavy (non-hydrogen) atoms. The highest BCUT2D eigenvalue weighted by molar-refractivity contribution is 7.89. The fraction of sp³-hybridized carbons (Fsp3) is 1.00. The predicted octanol–water partition coefficient (Wildman–Crippen LogP) is 2.61. The van der Waals surface area contributed by atoms with Crippen molar-refractivity contribution in [3.05, 3.63) is 0 Å². The van der Waals surface area contributed by atoms with Gasteiger partial charge in [-0.2, -0.15) is 0 Å². The van der Waals surface area contributed by atoms with Crippen LogP contribution in [0.1, 0.15) is 40.0 Å². The molecule has 1 fully saturated rings. The average molecular weight is 282 g/mol. The molecule has 0 spiro atoms. The largest absolute Gasteiger partial charge is 0.212 e. The van der Waals surface area contributed by atoms with Crippen molar-refractivity contribution < 1.29 is 8.42 Å². The summed E-state index contributed by atoms with van der Waals surface area (Å²) < 4.78 is 26.6. The molecule has 1 saturated carbocycles. The molecule has 4 atom stereocenters. The number of hydrogen-bond acceptors (Lipinski definition) is 2. The number of halogens is 1. The van der Waals surface area contributed by atoms with Crippen molar-refractivity contribution in [3.8, 4) is 0 Å². The summed E-state index contributed by atoms with van der Waals surface area (Å²) >= 11 is 5.65. The number of nitrogens with one attached hydrogen (secondary N) is 1. The summed E-state index contributed by atoms with van der Waals surface area (Å²) in [7, 11) is -3.17. The van der Waals surface area contributed by atoms with Crippen molar-refractivity contribution in [1.82, 2.24) is 4.72 Å². The maximum absolute atomic E-state index is 11.9. The summed E-state index contributed by atoms with van der Waals surface area (Å²) in [5, 5.41) is 0. The fourth-order valence-electron chi connectivity index (χ4n) is 2.38. The zero-order chi connectivity index (χ0) is 13.1. The third-order valence-electron chi connectivity index (χ3n) is 3.71. The SMILES string of the molecule is CC(CCl)CS(=O)(=O)NC1CCC(C)C(C)C1. The Labute approximate surface area is 110 Å². The summed E-state index contributed by atoms with van der Waals surface area (Å²) in [6, 6.07) is 0.119. The molecule has 102 valence electrons. The highest BCUT2D eigenvalue weighted by atomic mass is 35.5. The summed E-state index contributed by atoms with van der Waals surface area (Å²) in [5.74, 6) is 1.84. The summed E-state index contributed by atoms with van der Waals surface area (Å²) in [4.78, 5) is 0. The van der Waals surface area contributed by atoms with E-state index in [1.54, 1.807) is 0 Å². The van der Waals surface area contributed by atoms with Gasteiger partial charge in [-0.05, 0) is 37.0 Å². The lowest BCUT2D eigenvalue weighted by atomic mass is 9.79. The molecular weight excluding hydrogens is 258 g/mol. The fourth-order valence-corrected chi connectivity index (χ4v) is 4.30. The second-order valence-electron chi connectivity index (χ2n) is 5.62. The van der Waals surface area contributed by atoms with Gasteiger partial charge < -0.3 is 0 Å². The van der Waals surface area contributed by atoms with Crippen LogP contribution in [0.25, 0.3) is 0 Å². The van der Waals surface area contributed by atoms with Gasteiger partial charge in [-0.25, -0.2) is 13.1 Å². The Morgan fingerprint density at radius 2 is 1.94 bits per heavy atom. The molecule has 5 heteroatoms. The van der Waals surface area contributed by atoms with Crippen LogP contribution < -0.4 is 4.72 Å². The third-order valence-corrected chi connectivity index (χ3v) is 5.94. The lowest BCUT2D eigenvalue weighted by molar-refractivity contribution is 0.241. The highest BCUT2D eigenvalue weighted by Gasteiger charge is 2.27. The number of rotatable bonds is 5. The minimum Gasteiger partial charge on any atom is -0.212 e. The molecule has 1 aliphatic carbocycles. The highest BCUT2D eigenvalue weighted by Crippen LogP contribution is 2.29. The van der Waals surface area contributed by atoms with Crippen LogP contribution in [0.4, 0.5) is 0 Å². The molecule has 0 aromatic rings. The maximum Gasteiger partial charge on any atom is 0.212 e. The molecule has 1 N–H and O–H groups in total. The van der Waals surface area contributed by atoms with E-state index in [9.17, 15) is 8.42 Å². The minimum atomic E-state index is -3.17. The lowest BCUT2D eigenvalue weighted by Gasteiger charge is -2.32. The van der Waals surface area contributed by atoms with E-state index in [2.05, 4.69) is 18.6 Å². The van der Waals surface area contributed by atoms with Crippen LogP contribution in [0.2, 0.25) is 0 Å². The van der Waals surface area contributed by atoms with Crippen molar-refractivity contribution in [2.45, 2.75) is 46.1 Å². The normalized spacial score (nSPS) is 32.4. The zero-order valence-corrected chi connectivity index (χ0v) is 12.5. The van der Waals surface area contributed by atoms with E-state index >= 15 is 0 Å². The maximum atomic E-state index is 11.9. The summed E-state index contributed by atoms with van der Waals surface area (Å²) in [6.45, 7) is 6.30. The minimum absolute atomic E-state index is 0.00843. The van der Waals surface area contributed by atoms with Crippen molar-refractivity contribution in [3.63, 3.8) is 0 Å². The van der Waals surface area contributed by atoms with Gasteiger partial charge in [0.25, 0.3) is 0 Å². The molecule has 0 aromatic carbocycles. The molecule has 0 radical (unpaired) electrons. The van der Waals surface area contributed by atoms with Crippen molar-refractivity contribution in [2.75, 3.05) is 11.6 Å². The number of hydrogen-bond donors (Lipinski definition) is 1. The molecule has 0 bridgehead atoms.